The minimum Gasteiger partial charge on any atom is -0.357 e. The quantitative estimate of drug-likeness (QED) is 0.479. The van der Waals surface area contributed by atoms with Gasteiger partial charge in [0.1, 0.15) is 5.84 Å². The predicted octanol–water partition coefficient (Wildman–Crippen LogP) is 3.90. The van der Waals surface area contributed by atoms with Crippen molar-refractivity contribution in [1.82, 2.24) is 4.90 Å². The second kappa shape index (κ2) is 6.20. The Kier molecular flexibility index (Phi) is 4.60. The molecule has 1 N–H and O–H groups in total. The summed E-state index contributed by atoms with van der Waals surface area (Å²) in [4.78, 5) is 3.65. The van der Waals surface area contributed by atoms with Crippen LogP contribution in [-0.2, 0) is 6.42 Å². The molecular weight excluding hydrogens is 228 g/mol. The van der Waals surface area contributed by atoms with Crippen LogP contribution in [0.1, 0.15) is 49.5 Å². The van der Waals surface area contributed by atoms with Gasteiger partial charge in [0.15, 0.2) is 0 Å². The molecule has 0 saturated carbocycles. The fourth-order valence-corrected chi connectivity index (χ4v) is 3.22. The van der Waals surface area contributed by atoms with Gasteiger partial charge in [0.25, 0.3) is 0 Å². The Morgan fingerprint density at radius 2 is 2.12 bits per heavy atom. The number of thiophene rings is 1. The lowest BCUT2D eigenvalue weighted by Gasteiger charge is -2.17. The number of rotatable bonds is 5. The molecule has 0 bridgehead atoms. The summed E-state index contributed by atoms with van der Waals surface area (Å²) in [5.41, 5.74) is 1.13. The number of amidine groups is 1. The Hall–Kier alpha value is -0.830. The maximum Gasteiger partial charge on any atom is 0.128 e. The van der Waals surface area contributed by atoms with E-state index in [9.17, 15) is 0 Å². The SMILES string of the molecule is CCCCCc1cc(C(=N)N2CCCC2)cs1. The van der Waals surface area contributed by atoms with E-state index in [0.717, 1.165) is 24.5 Å². The van der Waals surface area contributed by atoms with Crippen LogP contribution in [-0.4, -0.2) is 23.8 Å². The van der Waals surface area contributed by atoms with Crippen molar-refractivity contribution < 1.29 is 0 Å². The Morgan fingerprint density at radius 3 is 2.82 bits per heavy atom. The first-order chi connectivity index (χ1) is 8.31. The summed E-state index contributed by atoms with van der Waals surface area (Å²) >= 11 is 1.82. The summed E-state index contributed by atoms with van der Waals surface area (Å²) in [6, 6.07) is 2.22. The molecule has 0 radical (unpaired) electrons. The average Bonchev–Trinajstić information content (AvgIpc) is 3.00. The molecule has 17 heavy (non-hydrogen) atoms. The molecular formula is C14H22N2S. The van der Waals surface area contributed by atoms with Gasteiger partial charge >= 0.3 is 0 Å². The summed E-state index contributed by atoms with van der Waals surface area (Å²) in [6.07, 6.45) is 7.56. The third kappa shape index (κ3) is 3.32. The van der Waals surface area contributed by atoms with Crippen LogP contribution in [0.4, 0.5) is 0 Å². The van der Waals surface area contributed by atoms with Crippen molar-refractivity contribution in [1.29, 1.82) is 5.41 Å². The van der Waals surface area contributed by atoms with E-state index in [-0.39, 0.29) is 0 Å². The largest absolute Gasteiger partial charge is 0.357 e. The van der Waals surface area contributed by atoms with Gasteiger partial charge in [0, 0.05) is 28.9 Å². The Morgan fingerprint density at radius 1 is 1.35 bits per heavy atom. The molecule has 3 heteroatoms. The first-order valence-electron chi connectivity index (χ1n) is 6.72. The standard InChI is InChI=1S/C14H22N2S/c1-2-3-4-7-13-10-12(11-17-13)14(15)16-8-5-6-9-16/h10-11,15H,2-9H2,1H3. The molecule has 0 aliphatic carbocycles. The molecule has 2 nitrogen and oxygen atoms in total. The van der Waals surface area contributed by atoms with Crippen LogP contribution in [0.2, 0.25) is 0 Å². The van der Waals surface area contributed by atoms with Crippen LogP contribution in [0.3, 0.4) is 0 Å². The fraction of sp³-hybridized carbons (Fsp3) is 0.643. The number of hydrogen-bond donors (Lipinski definition) is 1. The molecule has 1 aromatic rings. The van der Waals surface area contributed by atoms with Crippen LogP contribution in [0.15, 0.2) is 11.4 Å². The van der Waals surface area contributed by atoms with E-state index in [4.69, 9.17) is 5.41 Å². The maximum atomic E-state index is 8.19. The normalized spacial score (nSPS) is 15.5. The van der Waals surface area contributed by atoms with Crippen LogP contribution in [0, 0.1) is 5.41 Å². The number of nitrogens with one attached hydrogen (secondary N) is 1. The summed E-state index contributed by atoms with van der Waals surface area (Å²) in [6.45, 7) is 4.38. The fourth-order valence-electron chi connectivity index (χ4n) is 2.31. The predicted molar refractivity (Wildman–Crippen MR) is 75.2 cm³/mol. The number of likely N-dealkylation sites (tertiary alicyclic amines) is 1. The van der Waals surface area contributed by atoms with Gasteiger partial charge in [-0.15, -0.1) is 11.3 Å². The lowest BCUT2D eigenvalue weighted by molar-refractivity contribution is 0.517. The van der Waals surface area contributed by atoms with Crippen molar-refractivity contribution in [3.63, 3.8) is 0 Å². The number of nitrogens with zero attached hydrogens (tertiary/aromatic N) is 1. The molecule has 0 spiro atoms. The highest BCUT2D eigenvalue weighted by Gasteiger charge is 2.17. The molecule has 94 valence electrons. The van der Waals surface area contributed by atoms with Gasteiger partial charge in [-0.3, -0.25) is 5.41 Å². The van der Waals surface area contributed by atoms with Gasteiger partial charge in [-0.1, -0.05) is 19.8 Å². The van der Waals surface area contributed by atoms with Gasteiger partial charge in [0.05, 0.1) is 0 Å². The third-order valence-corrected chi connectivity index (χ3v) is 4.37. The van der Waals surface area contributed by atoms with E-state index < -0.39 is 0 Å². The van der Waals surface area contributed by atoms with Crippen molar-refractivity contribution in [3.05, 3.63) is 21.9 Å². The maximum absolute atomic E-state index is 8.19. The monoisotopic (exact) mass is 250 g/mol. The highest BCUT2D eigenvalue weighted by atomic mass is 32.1. The minimum absolute atomic E-state index is 0.737. The zero-order valence-corrected chi connectivity index (χ0v) is 11.5. The van der Waals surface area contributed by atoms with Crippen LogP contribution >= 0.6 is 11.3 Å². The first kappa shape index (κ1) is 12.6. The van der Waals surface area contributed by atoms with Crippen molar-refractivity contribution in [3.8, 4) is 0 Å². The lowest BCUT2D eigenvalue weighted by Crippen LogP contribution is -2.27. The van der Waals surface area contributed by atoms with Gasteiger partial charge in [0.2, 0.25) is 0 Å². The van der Waals surface area contributed by atoms with E-state index in [1.54, 1.807) is 0 Å². The van der Waals surface area contributed by atoms with E-state index in [0.29, 0.717) is 0 Å². The van der Waals surface area contributed by atoms with E-state index in [1.807, 2.05) is 11.3 Å². The summed E-state index contributed by atoms with van der Waals surface area (Å²) in [7, 11) is 0. The summed E-state index contributed by atoms with van der Waals surface area (Å²) in [5.74, 6) is 0.737. The van der Waals surface area contributed by atoms with Crippen LogP contribution < -0.4 is 0 Å². The second-order valence-corrected chi connectivity index (χ2v) is 5.80. The topological polar surface area (TPSA) is 27.1 Å². The smallest absolute Gasteiger partial charge is 0.128 e. The molecule has 1 aliphatic rings. The molecule has 1 aromatic heterocycles. The zero-order valence-electron chi connectivity index (χ0n) is 10.7. The molecule has 0 amide bonds. The highest BCUT2D eigenvalue weighted by Crippen LogP contribution is 2.20. The minimum atomic E-state index is 0.737. The Bertz CT molecular complexity index is 364. The molecule has 0 atom stereocenters. The van der Waals surface area contributed by atoms with E-state index in [1.165, 1.54) is 43.4 Å². The van der Waals surface area contributed by atoms with E-state index in [2.05, 4.69) is 23.3 Å². The number of unbranched alkanes of at least 4 members (excludes halogenated alkanes) is 2. The molecule has 1 aliphatic heterocycles. The van der Waals surface area contributed by atoms with Gasteiger partial charge in [-0.2, -0.15) is 0 Å². The number of hydrogen-bond acceptors (Lipinski definition) is 2. The molecule has 2 rings (SSSR count). The molecule has 2 heterocycles. The molecule has 1 saturated heterocycles. The first-order valence-corrected chi connectivity index (χ1v) is 7.60. The summed E-state index contributed by atoms with van der Waals surface area (Å²) in [5, 5.41) is 10.3. The van der Waals surface area contributed by atoms with Crippen molar-refractivity contribution in [2.75, 3.05) is 13.1 Å². The Balaban J connectivity index is 1.90. The molecule has 1 fully saturated rings. The van der Waals surface area contributed by atoms with Gasteiger partial charge in [-0.25, -0.2) is 0 Å². The van der Waals surface area contributed by atoms with Gasteiger partial charge in [-0.05, 0) is 31.7 Å². The Labute approximate surface area is 108 Å². The number of aryl methyl sites for hydroxylation is 1. The highest BCUT2D eigenvalue weighted by molar-refractivity contribution is 7.10. The third-order valence-electron chi connectivity index (χ3n) is 3.38. The van der Waals surface area contributed by atoms with Crippen molar-refractivity contribution >= 4 is 17.2 Å². The second-order valence-electron chi connectivity index (χ2n) is 4.80. The van der Waals surface area contributed by atoms with E-state index >= 15 is 0 Å². The van der Waals surface area contributed by atoms with Crippen molar-refractivity contribution in [2.45, 2.75) is 45.4 Å². The molecule has 0 aromatic carbocycles. The zero-order chi connectivity index (χ0) is 12.1. The van der Waals surface area contributed by atoms with Crippen LogP contribution in [0.5, 0.6) is 0 Å². The van der Waals surface area contributed by atoms with Gasteiger partial charge < -0.3 is 4.90 Å². The van der Waals surface area contributed by atoms with Crippen molar-refractivity contribution in [2.24, 2.45) is 0 Å². The average molecular weight is 250 g/mol. The lowest BCUT2D eigenvalue weighted by atomic mass is 10.1. The molecule has 0 unspecified atom stereocenters. The van der Waals surface area contributed by atoms with Crippen LogP contribution in [0.25, 0.3) is 0 Å². The summed E-state index contributed by atoms with van der Waals surface area (Å²) < 4.78 is 0.